The molecule has 10 heteroatoms. The minimum absolute atomic E-state index is 0.265. The van der Waals surface area contributed by atoms with Gasteiger partial charge in [-0.2, -0.15) is 0 Å². The Bertz CT molecular complexity index is 887. The van der Waals surface area contributed by atoms with Crippen molar-refractivity contribution in [1.82, 2.24) is 4.90 Å². The molecule has 0 saturated heterocycles. The van der Waals surface area contributed by atoms with Crippen LogP contribution in [0.5, 0.6) is 0 Å². The van der Waals surface area contributed by atoms with E-state index in [2.05, 4.69) is 10.6 Å². The van der Waals surface area contributed by atoms with Crippen molar-refractivity contribution in [2.24, 2.45) is 0 Å². The average Bonchev–Trinajstić information content (AvgIpc) is 2.65. The molecule has 0 aromatic heterocycles. The standard InChI is InChI=1S/C19H18F5N3O2/c1-2-8-27(10-16(29)26-19-12(21)4-3-5-13(19)22)9-15(28)25-14-7-6-11(20)17(23)18(14)24/h3-7H,2,8-10H2,1H3,(H,25,28)(H,26,29). The van der Waals surface area contributed by atoms with E-state index in [1.54, 1.807) is 6.92 Å². The highest BCUT2D eigenvalue weighted by Gasteiger charge is 2.19. The molecule has 2 N–H and O–H groups in total. The van der Waals surface area contributed by atoms with E-state index in [4.69, 9.17) is 0 Å². The van der Waals surface area contributed by atoms with E-state index in [1.807, 2.05) is 0 Å². The third-order valence-corrected chi connectivity index (χ3v) is 3.81. The second-order valence-corrected chi connectivity index (χ2v) is 6.13. The van der Waals surface area contributed by atoms with Gasteiger partial charge in [0.1, 0.15) is 17.3 Å². The van der Waals surface area contributed by atoms with E-state index in [9.17, 15) is 31.5 Å². The monoisotopic (exact) mass is 415 g/mol. The van der Waals surface area contributed by atoms with Gasteiger partial charge in [-0.25, -0.2) is 22.0 Å². The number of benzene rings is 2. The Labute approximate surface area is 163 Å². The van der Waals surface area contributed by atoms with Crippen LogP contribution in [0.1, 0.15) is 13.3 Å². The summed E-state index contributed by atoms with van der Waals surface area (Å²) in [5, 5.41) is 4.19. The van der Waals surface area contributed by atoms with Crippen molar-refractivity contribution < 1.29 is 31.5 Å². The number of amides is 2. The van der Waals surface area contributed by atoms with Crippen LogP contribution in [0.3, 0.4) is 0 Å². The van der Waals surface area contributed by atoms with Gasteiger partial charge in [-0.3, -0.25) is 14.5 Å². The van der Waals surface area contributed by atoms with Gasteiger partial charge >= 0.3 is 0 Å². The first kappa shape index (κ1) is 22.3. The van der Waals surface area contributed by atoms with Crippen molar-refractivity contribution in [3.63, 3.8) is 0 Å². The predicted molar refractivity (Wildman–Crippen MR) is 96.7 cm³/mol. The van der Waals surface area contributed by atoms with Crippen molar-refractivity contribution in [3.8, 4) is 0 Å². The number of hydrogen-bond donors (Lipinski definition) is 2. The lowest BCUT2D eigenvalue weighted by atomic mass is 10.2. The Morgan fingerprint density at radius 1 is 0.828 bits per heavy atom. The molecule has 2 amide bonds. The zero-order valence-corrected chi connectivity index (χ0v) is 15.4. The van der Waals surface area contributed by atoms with Crippen LogP contribution in [0.2, 0.25) is 0 Å². The molecular formula is C19H18F5N3O2. The van der Waals surface area contributed by atoms with Gasteiger partial charge in [0.05, 0.1) is 18.8 Å². The smallest absolute Gasteiger partial charge is 0.238 e. The molecule has 0 heterocycles. The molecule has 2 rings (SSSR count). The van der Waals surface area contributed by atoms with Crippen LogP contribution in [-0.4, -0.2) is 36.3 Å². The van der Waals surface area contributed by atoms with Crippen LogP contribution in [0, 0.1) is 29.1 Å². The highest BCUT2D eigenvalue weighted by Crippen LogP contribution is 2.20. The molecule has 2 aromatic rings. The Morgan fingerprint density at radius 2 is 1.41 bits per heavy atom. The second-order valence-electron chi connectivity index (χ2n) is 6.13. The van der Waals surface area contributed by atoms with E-state index in [1.165, 1.54) is 4.90 Å². The number of carbonyl (C=O) groups is 2. The van der Waals surface area contributed by atoms with Gasteiger partial charge in [-0.1, -0.05) is 13.0 Å². The molecule has 29 heavy (non-hydrogen) atoms. The first-order chi connectivity index (χ1) is 13.7. The number of anilines is 2. The molecular weight excluding hydrogens is 397 g/mol. The first-order valence-electron chi connectivity index (χ1n) is 8.62. The third kappa shape index (κ3) is 5.98. The zero-order chi connectivity index (χ0) is 21.6. The summed E-state index contributed by atoms with van der Waals surface area (Å²) >= 11 is 0. The number of rotatable bonds is 8. The number of hydrogen-bond acceptors (Lipinski definition) is 3. The van der Waals surface area contributed by atoms with Crippen molar-refractivity contribution >= 4 is 23.2 Å². The molecule has 0 aliphatic heterocycles. The van der Waals surface area contributed by atoms with Gasteiger partial charge < -0.3 is 10.6 Å². The van der Waals surface area contributed by atoms with Crippen molar-refractivity contribution in [3.05, 3.63) is 59.4 Å². The van der Waals surface area contributed by atoms with Gasteiger partial charge in [0, 0.05) is 0 Å². The SMILES string of the molecule is CCCN(CC(=O)Nc1ccc(F)c(F)c1F)CC(=O)Nc1c(F)cccc1F. The Morgan fingerprint density at radius 3 is 2.00 bits per heavy atom. The minimum atomic E-state index is -1.72. The maximum atomic E-state index is 13.7. The summed E-state index contributed by atoms with van der Waals surface area (Å²) in [6, 6.07) is 4.63. The quantitative estimate of drug-likeness (QED) is 0.511. The molecule has 156 valence electrons. The van der Waals surface area contributed by atoms with Crippen LogP contribution >= 0.6 is 0 Å². The summed E-state index contributed by atoms with van der Waals surface area (Å²) in [6.45, 7) is 1.27. The normalized spacial score (nSPS) is 10.9. The van der Waals surface area contributed by atoms with Crippen LogP contribution in [-0.2, 0) is 9.59 Å². The summed E-state index contributed by atoms with van der Waals surface area (Å²) in [6.07, 6.45) is 0.536. The number of nitrogens with one attached hydrogen (secondary N) is 2. The molecule has 0 atom stereocenters. The van der Waals surface area contributed by atoms with E-state index < -0.39 is 52.3 Å². The average molecular weight is 415 g/mol. The Balaban J connectivity index is 2.01. The van der Waals surface area contributed by atoms with Crippen molar-refractivity contribution in [2.75, 3.05) is 30.3 Å². The molecule has 0 unspecified atom stereocenters. The lowest BCUT2D eigenvalue weighted by Crippen LogP contribution is -2.39. The minimum Gasteiger partial charge on any atom is -0.322 e. The van der Waals surface area contributed by atoms with Gasteiger partial charge in [-0.15, -0.1) is 0 Å². The van der Waals surface area contributed by atoms with Gasteiger partial charge in [-0.05, 0) is 37.2 Å². The Hall–Kier alpha value is -3.01. The fourth-order valence-corrected chi connectivity index (χ4v) is 2.54. The molecule has 0 aliphatic carbocycles. The van der Waals surface area contributed by atoms with Crippen LogP contribution in [0.4, 0.5) is 33.3 Å². The van der Waals surface area contributed by atoms with Crippen LogP contribution in [0.15, 0.2) is 30.3 Å². The molecule has 0 saturated carbocycles. The molecule has 0 radical (unpaired) electrons. The highest BCUT2D eigenvalue weighted by atomic mass is 19.2. The number of carbonyl (C=O) groups excluding carboxylic acids is 2. The molecule has 0 aliphatic rings. The van der Waals surface area contributed by atoms with E-state index in [0.717, 1.165) is 24.3 Å². The molecule has 0 fully saturated rings. The highest BCUT2D eigenvalue weighted by molar-refractivity contribution is 5.94. The Kier molecular flexibility index (Phi) is 7.66. The summed E-state index contributed by atoms with van der Waals surface area (Å²) < 4.78 is 67.1. The van der Waals surface area contributed by atoms with Crippen LogP contribution in [0.25, 0.3) is 0 Å². The lowest BCUT2D eigenvalue weighted by Gasteiger charge is -2.21. The molecule has 5 nitrogen and oxygen atoms in total. The zero-order valence-electron chi connectivity index (χ0n) is 15.4. The first-order valence-corrected chi connectivity index (χ1v) is 8.62. The van der Waals surface area contributed by atoms with Gasteiger partial charge in [0.15, 0.2) is 17.5 Å². The maximum absolute atomic E-state index is 13.7. The summed E-state index contributed by atoms with van der Waals surface area (Å²) in [7, 11) is 0. The van der Waals surface area contributed by atoms with E-state index >= 15 is 0 Å². The molecule has 2 aromatic carbocycles. The predicted octanol–water partition coefficient (Wildman–Crippen LogP) is 3.67. The third-order valence-electron chi connectivity index (χ3n) is 3.81. The van der Waals surface area contributed by atoms with Gasteiger partial charge in [0.25, 0.3) is 0 Å². The van der Waals surface area contributed by atoms with Crippen LogP contribution < -0.4 is 10.6 Å². The summed E-state index contributed by atoms with van der Waals surface area (Å²) in [5.41, 5.74) is -1.16. The molecule has 0 spiro atoms. The number of para-hydroxylation sites is 1. The van der Waals surface area contributed by atoms with Gasteiger partial charge in [0.2, 0.25) is 11.8 Å². The maximum Gasteiger partial charge on any atom is 0.238 e. The number of nitrogens with zero attached hydrogens (tertiary/aromatic N) is 1. The topological polar surface area (TPSA) is 61.4 Å². The fourth-order valence-electron chi connectivity index (χ4n) is 2.54. The summed E-state index contributed by atoms with van der Waals surface area (Å²) in [5.74, 6) is -8.13. The van der Waals surface area contributed by atoms with E-state index in [0.29, 0.717) is 12.5 Å². The number of halogens is 5. The van der Waals surface area contributed by atoms with Crippen molar-refractivity contribution in [1.29, 1.82) is 0 Å². The van der Waals surface area contributed by atoms with E-state index in [-0.39, 0.29) is 19.6 Å². The fraction of sp³-hybridized carbons (Fsp3) is 0.263. The van der Waals surface area contributed by atoms with Crippen molar-refractivity contribution in [2.45, 2.75) is 13.3 Å². The second kappa shape index (κ2) is 9.97. The largest absolute Gasteiger partial charge is 0.322 e. The lowest BCUT2D eigenvalue weighted by molar-refractivity contribution is -0.120. The summed E-state index contributed by atoms with van der Waals surface area (Å²) in [4.78, 5) is 25.6. The molecule has 0 bridgehead atoms.